The van der Waals surface area contributed by atoms with Gasteiger partial charge in [0, 0.05) is 17.5 Å². The first-order valence-electron chi connectivity index (χ1n) is 6.65. The van der Waals surface area contributed by atoms with Crippen LogP contribution < -0.4 is 0 Å². The summed E-state index contributed by atoms with van der Waals surface area (Å²) < 4.78 is 1.99. The van der Waals surface area contributed by atoms with Crippen LogP contribution in [-0.2, 0) is 4.79 Å². The van der Waals surface area contributed by atoms with E-state index in [9.17, 15) is 4.79 Å². The molecule has 2 aromatic heterocycles. The van der Waals surface area contributed by atoms with E-state index in [1.54, 1.807) is 13.0 Å². The first kappa shape index (κ1) is 12.6. The summed E-state index contributed by atoms with van der Waals surface area (Å²) in [5.41, 5.74) is 0.696. The van der Waals surface area contributed by atoms with Gasteiger partial charge in [-0.25, -0.2) is 4.98 Å². The average molecular weight is 278 g/mol. The van der Waals surface area contributed by atoms with Gasteiger partial charge in [-0.15, -0.1) is 0 Å². The van der Waals surface area contributed by atoms with Crippen molar-refractivity contribution in [3.8, 4) is 0 Å². The van der Waals surface area contributed by atoms with E-state index < -0.39 is 0 Å². The van der Waals surface area contributed by atoms with Gasteiger partial charge < -0.3 is 0 Å². The summed E-state index contributed by atoms with van der Waals surface area (Å²) in [7, 11) is 0. The van der Waals surface area contributed by atoms with Crippen molar-refractivity contribution in [3.63, 3.8) is 0 Å². The van der Waals surface area contributed by atoms with Crippen LogP contribution >= 0.6 is 11.6 Å². The molecule has 1 aliphatic carbocycles. The highest BCUT2D eigenvalue weighted by atomic mass is 35.5. The van der Waals surface area contributed by atoms with Gasteiger partial charge in [-0.1, -0.05) is 11.6 Å². The number of hydrogen-bond donors (Lipinski definition) is 0. The minimum absolute atomic E-state index is 0.244. The van der Waals surface area contributed by atoms with E-state index in [-0.39, 0.29) is 5.92 Å². The third kappa shape index (κ3) is 2.50. The quantitative estimate of drug-likeness (QED) is 0.791. The second-order valence-corrected chi connectivity index (χ2v) is 5.66. The Bertz CT molecular complexity index is 614. The molecule has 0 N–H and O–H groups in total. The summed E-state index contributed by atoms with van der Waals surface area (Å²) in [6, 6.07) is 4.10. The van der Waals surface area contributed by atoms with Crippen LogP contribution in [0.3, 0.4) is 0 Å². The topological polar surface area (TPSA) is 47.8 Å². The number of rotatable bonds is 2. The minimum atomic E-state index is 0.244. The summed E-state index contributed by atoms with van der Waals surface area (Å²) >= 11 is 5.87. The van der Waals surface area contributed by atoms with E-state index >= 15 is 0 Å². The van der Waals surface area contributed by atoms with Gasteiger partial charge in [-0.2, -0.15) is 5.10 Å². The van der Waals surface area contributed by atoms with Crippen molar-refractivity contribution in [1.82, 2.24) is 14.8 Å². The summed E-state index contributed by atoms with van der Waals surface area (Å²) in [6.45, 7) is 1.69. The lowest BCUT2D eigenvalue weighted by Gasteiger charge is -2.27. The van der Waals surface area contributed by atoms with Crippen molar-refractivity contribution < 1.29 is 4.79 Å². The van der Waals surface area contributed by atoms with E-state index in [1.165, 1.54) is 0 Å². The lowest BCUT2D eigenvalue weighted by molar-refractivity contribution is -0.121. The van der Waals surface area contributed by atoms with Crippen LogP contribution in [0, 0.1) is 5.92 Å². The molecule has 0 radical (unpaired) electrons. The van der Waals surface area contributed by atoms with Crippen molar-refractivity contribution in [2.45, 2.75) is 38.6 Å². The van der Waals surface area contributed by atoms with E-state index in [4.69, 9.17) is 11.6 Å². The Kier molecular flexibility index (Phi) is 3.27. The lowest BCUT2D eigenvalue weighted by atomic mass is 9.84. The van der Waals surface area contributed by atoms with E-state index in [0.29, 0.717) is 22.6 Å². The Morgan fingerprint density at radius 3 is 2.74 bits per heavy atom. The number of Topliss-reactive ketones (excluding diaryl/α,β-unsaturated/α-hetero) is 1. The highest BCUT2D eigenvalue weighted by Crippen LogP contribution is 2.32. The molecule has 0 atom stereocenters. The molecule has 0 aromatic carbocycles. The first-order valence-corrected chi connectivity index (χ1v) is 7.03. The molecule has 1 saturated carbocycles. The Morgan fingerprint density at radius 2 is 2.05 bits per heavy atom. The molecular formula is C14H16ClN3O. The molecule has 0 aliphatic heterocycles. The fourth-order valence-electron chi connectivity index (χ4n) is 2.83. The molecule has 0 spiro atoms. The number of ketones is 1. The standard InChI is InChI=1S/C14H16ClN3O/c1-9(19)10-2-5-12(6-3-10)18-8-11-4-7-13(15)16-14(11)17-18/h4,7-8,10,12H,2-3,5-6H2,1H3. The second-order valence-electron chi connectivity index (χ2n) is 5.27. The molecule has 0 unspecified atom stereocenters. The van der Waals surface area contributed by atoms with E-state index in [2.05, 4.69) is 10.1 Å². The van der Waals surface area contributed by atoms with Gasteiger partial charge in [0.1, 0.15) is 10.9 Å². The van der Waals surface area contributed by atoms with E-state index in [1.807, 2.05) is 16.9 Å². The van der Waals surface area contributed by atoms with Crippen LogP contribution in [0.2, 0.25) is 5.15 Å². The molecule has 19 heavy (non-hydrogen) atoms. The number of hydrogen-bond acceptors (Lipinski definition) is 3. The number of fused-ring (bicyclic) bond motifs is 1. The van der Waals surface area contributed by atoms with E-state index in [0.717, 1.165) is 31.1 Å². The molecule has 5 heteroatoms. The molecule has 0 amide bonds. The maximum absolute atomic E-state index is 11.4. The smallest absolute Gasteiger partial charge is 0.182 e. The van der Waals surface area contributed by atoms with Gasteiger partial charge in [0.05, 0.1) is 6.04 Å². The van der Waals surface area contributed by atoms with Crippen LogP contribution in [0.25, 0.3) is 11.0 Å². The van der Waals surface area contributed by atoms with Crippen molar-refractivity contribution in [3.05, 3.63) is 23.5 Å². The third-order valence-electron chi connectivity index (χ3n) is 4.00. The average Bonchev–Trinajstić information content (AvgIpc) is 2.81. The number of pyridine rings is 1. The Hall–Kier alpha value is -1.42. The van der Waals surface area contributed by atoms with Gasteiger partial charge in [-0.3, -0.25) is 9.48 Å². The molecule has 2 aromatic rings. The fraction of sp³-hybridized carbons (Fsp3) is 0.500. The molecule has 4 nitrogen and oxygen atoms in total. The van der Waals surface area contributed by atoms with Gasteiger partial charge in [-0.05, 0) is 44.7 Å². The van der Waals surface area contributed by atoms with Crippen LogP contribution in [0.5, 0.6) is 0 Å². The zero-order valence-electron chi connectivity index (χ0n) is 10.8. The molecule has 100 valence electrons. The van der Waals surface area contributed by atoms with Gasteiger partial charge in [0.15, 0.2) is 5.65 Å². The number of nitrogens with zero attached hydrogens (tertiary/aromatic N) is 3. The predicted octanol–water partition coefficient (Wildman–Crippen LogP) is 3.41. The lowest BCUT2D eigenvalue weighted by Crippen LogP contribution is -2.22. The maximum Gasteiger partial charge on any atom is 0.182 e. The summed E-state index contributed by atoms with van der Waals surface area (Å²) in [5.74, 6) is 0.561. The van der Waals surface area contributed by atoms with Crippen LogP contribution in [-0.4, -0.2) is 20.5 Å². The maximum atomic E-state index is 11.4. The zero-order valence-corrected chi connectivity index (χ0v) is 11.6. The van der Waals surface area contributed by atoms with Crippen LogP contribution in [0.4, 0.5) is 0 Å². The summed E-state index contributed by atoms with van der Waals surface area (Å²) in [6.07, 6.45) is 5.96. The van der Waals surface area contributed by atoms with Crippen LogP contribution in [0.1, 0.15) is 38.6 Å². The number of carbonyl (C=O) groups excluding carboxylic acids is 1. The molecule has 1 aliphatic rings. The van der Waals surface area contributed by atoms with Crippen LogP contribution in [0.15, 0.2) is 18.3 Å². The molecule has 2 heterocycles. The molecule has 3 rings (SSSR count). The monoisotopic (exact) mass is 277 g/mol. The third-order valence-corrected chi connectivity index (χ3v) is 4.21. The Labute approximate surface area is 116 Å². The van der Waals surface area contributed by atoms with Crippen molar-refractivity contribution in [2.24, 2.45) is 5.92 Å². The second kappa shape index (κ2) is 4.93. The normalized spacial score (nSPS) is 23.7. The van der Waals surface area contributed by atoms with Gasteiger partial charge >= 0.3 is 0 Å². The fourth-order valence-corrected chi connectivity index (χ4v) is 2.97. The SMILES string of the molecule is CC(=O)C1CCC(n2cc3ccc(Cl)nc3n2)CC1. The number of aromatic nitrogens is 3. The van der Waals surface area contributed by atoms with Crippen molar-refractivity contribution in [1.29, 1.82) is 0 Å². The molecule has 1 fully saturated rings. The molecule has 0 saturated heterocycles. The zero-order chi connectivity index (χ0) is 13.4. The summed E-state index contributed by atoms with van der Waals surface area (Å²) in [5, 5.41) is 5.99. The first-order chi connectivity index (χ1) is 9.13. The molecule has 0 bridgehead atoms. The Balaban J connectivity index is 1.80. The van der Waals surface area contributed by atoms with Crippen molar-refractivity contribution in [2.75, 3.05) is 0 Å². The van der Waals surface area contributed by atoms with Gasteiger partial charge in [0.2, 0.25) is 0 Å². The number of carbonyl (C=O) groups is 1. The van der Waals surface area contributed by atoms with Crippen molar-refractivity contribution >= 4 is 28.4 Å². The Morgan fingerprint density at radius 1 is 1.32 bits per heavy atom. The van der Waals surface area contributed by atoms with Gasteiger partial charge in [0.25, 0.3) is 0 Å². The predicted molar refractivity (Wildman–Crippen MR) is 74.2 cm³/mol. The largest absolute Gasteiger partial charge is 0.300 e. The number of halogens is 1. The minimum Gasteiger partial charge on any atom is -0.300 e. The molecular weight excluding hydrogens is 262 g/mol. The summed E-state index contributed by atoms with van der Waals surface area (Å²) in [4.78, 5) is 15.6. The highest BCUT2D eigenvalue weighted by Gasteiger charge is 2.25. The highest BCUT2D eigenvalue weighted by molar-refractivity contribution is 6.29.